The first-order chi connectivity index (χ1) is 9.38. The van der Waals surface area contributed by atoms with Crippen molar-refractivity contribution in [2.45, 2.75) is 0 Å². The highest BCUT2D eigenvalue weighted by Gasteiger charge is 2.12. The Labute approximate surface area is 139 Å². The van der Waals surface area contributed by atoms with Gasteiger partial charge in [0.2, 0.25) is 0 Å². The van der Waals surface area contributed by atoms with E-state index < -0.39 is 0 Å². The van der Waals surface area contributed by atoms with Crippen LogP contribution in [0.15, 0.2) is 34.8 Å². The molecule has 0 aromatic heterocycles. The van der Waals surface area contributed by atoms with Gasteiger partial charge in [0.05, 0.1) is 15.6 Å². The lowest BCUT2D eigenvalue weighted by molar-refractivity contribution is 0.481. The predicted octanol–water partition coefficient (Wildman–Crippen LogP) is 5.49. The van der Waals surface area contributed by atoms with Crippen LogP contribution in [-0.4, -0.2) is 5.84 Å². The first-order valence-electron chi connectivity index (χ1n) is 5.35. The first kappa shape index (κ1) is 15.4. The Hall–Kier alpha value is -0.940. The molecule has 104 valence electrons. The summed E-state index contributed by atoms with van der Waals surface area (Å²) >= 11 is 21.2. The van der Waals surface area contributed by atoms with Gasteiger partial charge in [-0.2, -0.15) is 0 Å². The van der Waals surface area contributed by atoms with Gasteiger partial charge in [-0.1, -0.05) is 34.8 Å². The number of nitrogen functional groups attached to an aromatic ring is 1. The molecule has 2 rings (SSSR count). The van der Waals surface area contributed by atoms with Gasteiger partial charge < -0.3 is 10.5 Å². The van der Waals surface area contributed by atoms with Crippen LogP contribution in [0.2, 0.25) is 15.1 Å². The fourth-order valence-corrected chi connectivity index (χ4v) is 2.51. The number of halogens is 4. The molecule has 0 aliphatic heterocycles. The molecule has 3 nitrogen and oxygen atoms in total. The van der Waals surface area contributed by atoms with E-state index >= 15 is 0 Å². The number of amidine groups is 1. The molecule has 0 atom stereocenters. The molecule has 7 heteroatoms. The summed E-state index contributed by atoms with van der Waals surface area (Å²) < 4.78 is 6.34. The van der Waals surface area contributed by atoms with Crippen LogP contribution in [0.5, 0.6) is 11.5 Å². The number of benzene rings is 2. The van der Waals surface area contributed by atoms with E-state index in [4.69, 9.17) is 50.7 Å². The zero-order valence-corrected chi connectivity index (χ0v) is 13.7. The normalized spacial score (nSPS) is 10.4. The van der Waals surface area contributed by atoms with Gasteiger partial charge in [-0.25, -0.2) is 0 Å². The Morgan fingerprint density at radius 1 is 1.05 bits per heavy atom. The number of nitrogens with two attached hydrogens (primary N) is 1. The molecule has 0 saturated carbocycles. The molecule has 0 aliphatic carbocycles. The molecule has 2 aromatic carbocycles. The third-order valence-electron chi connectivity index (χ3n) is 2.43. The molecule has 0 radical (unpaired) electrons. The van der Waals surface area contributed by atoms with E-state index in [9.17, 15) is 0 Å². The molecule has 0 saturated heterocycles. The zero-order valence-electron chi connectivity index (χ0n) is 9.88. The second kappa shape index (κ2) is 6.22. The third kappa shape index (κ3) is 3.38. The predicted molar refractivity (Wildman–Crippen MR) is 86.7 cm³/mol. The highest BCUT2D eigenvalue weighted by atomic mass is 79.9. The Morgan fingerprint density at radius 2 is 1.75 bits per heavy atom. The maximum atomic E-state index is 7.54. The van der Waals surface area contributed by atoms with Gasteiger partial charge in [-0.05, 0) is 40.2 Å². The average Bonchev–Trinajstić information content (AvgIpc) is 2.37. The van der Waals surface area contributed by atoms with E-state index in [2.05, 4.69) is 15.9 Å². The van der Waals surface area contributed by atoms with Crippen LogP contribution in [0.1, 0.15) is 5.56 Å². The minimum atomic E-state index is -0.151. The number of hydrogen-bond acceptors (Lipinski definition) is 2. The Kier molecular flexibility index (Phi) is 4.81. The molecule has 0 unspecified atom stereocenters. The van der Waals surface area contributed by atoms with Gasteiger partial charge in [0.25, 0.3) is 0 Å². The summed E-state index contributed by atoms with van der Waals surface area (Å²) in [6.45, 7) is 0. The van der Waals surface area contributed by atoms with E-state index in [1.807, 2.05) is 0 Å². The topological polar surface area (TPSA) is 59.1 Å². The van der Waals surface area contributed by atoms with Crippen molar-refractivity contribution in [3.63, 3.8) is 0 Å². The van der Waals surface area contributed by atoms with E-state index in [0.717, 1.165) is 0 Å². The third-order valence-corrected chi connectivity index (χ3v) is 4.15. The van der Waals surface area contributed by atoms with Crippen LogP contribution >= 0.6 is 50.7 Å². The zero-order chi connectivity index (χ0) is 14.9. The molecule has 0 bridgehead atoms. The Balaban J connectivity index is 2.45. The molecule has 2 aromatic rings. The highest BCUT2D eigenvalue weighted by molar-refractivity contribution is 9.10. The number of rotatable bonds is 3. The monoisotopic (exact) mass is 392 g/mol. The summed E-state index contributed by atoms with van der Waals surface area (Å²) in [5.41, 5.74) is 5.89. The molecule has 3 N–H and O–H groups in total. The molecule has 0 heterocycles. The number of ether oxygens (including phenoxy) is 1. The number of nitrogens with one attached hydrogen (secondary N) is 1. The molecule has 20 heavy (non-hydrogen) atoms. The fraction of sp³-hybridized carbons (Fsp3) is 0. The summed E-state index contributed by atoms with van der Waals surface area (Å²) in [4.78, 5) is 0. The summed E-state index contributed by atoms with van der Waals surface area (Å²) in [5, 5.41) is 8.84. The molecule has 0 fully saturated rings. The molecule has 0 amide bonds. The van der Waals surface area contributed by atoms with Crippen LogP contribution in [0, 0.1) is 5.41 Å². The molecule has 0 aliphatic rings. The lowest BCUT2D eigenvalue weighted by atomic mass is 10.2. The standard InChI is InChI=1S/C13H8BrCl3N2O/c14-8-4-10(17)12(5-9(8)16)20-11-2-1-6(15)3-7(11)13(18)19/h1-5H,(H3,18,19). The van der Waals surface area contributed by atoms with Crippen molar-refractivity contribution in [1.82, 2.24) is 0 Å². The van der Waals surface area contributed by atoms with Gasteiger partial charge in [0.1, 0.15) is 17.3 Å². The lowest BCUT2D eigenvalue weighted by Gasteiger charge is -2.12. The Bertz CT molecular complexity index is 692. The van der Waals surface area contributed by atoms with Gasteiger partial charge in [-0.15, -0.1) is 0 Å². The van der Waals surface area contributed by atoms with E-state index in [1.54, 1.807) is 30.3 Å². The van der Waals surface area contributed by atoms with Gasteiger partial charge in [0.15, 0.2) is 0 Å². The van der Waals surface area contributed by atoms with Crippen molar-refractivity contribution in [3.8, 4) is 11.5 Å². The lowest BCUT2D eigenvalue weighted by Crippen LogP contribution is -2.12. The summed E-state index contributed by atoms with van der Waals surface area (Å²) in [6.07, 6.45) is 0. The van der Waals surface area contributed by atoms with E-state index in [-0.39, 0.29) is 5.84 Å². The van der Waals surface area contributed by atoms with Crippen LogP contribution in [-0.2, 0) is 0 Å². The minimum Gasteiger partial charge on any atom is -0.455 e. The second-order valence-electron chi connectivity index (χ2n) is 3.85. The quantitative estimate of drug-likeness (QED) is 0.411. The van der Waals surface area contributed by atoms with Gasteiger partial charge in [-0.3, -0.25) is 5.41 Å². The van der Waals surface area contributed by atoms with E-state index in [0.29, 0.717) is 36.6 Å². The van der Waals surface area contributed by atoms with Gasteiger partial charge >= 0.3 is 0 Å². The van der Waals surface area contributed by atoms with Crippen molar-refractivity contribution >= 4 is 56.6 Å². The average molecular weight is 394 g/mol. The van der Waals surface area contributed by atoms with Crippen molar-refractivity contribution in [2.75, 3.05) is 0 Å². The van der Waals surface area contributed by atoms with Crippen molar-refractivity contribution in [1.29, 1.82) is 5.41 Å². The Morgan fingerprint density at radius 3 is 2.40 bits per heavy atom. The maximum absolute atomic E-state index is 7.54. The highest BCUT2D eigenvalue weighted by Crippen LogP contribution is 2.37. The SMILES string of the molecule is N=C(N)c1cc(Cl)ccc1Oc1cc(Cl)c(Br)cc1Cl. The van der Waals surface area contributed by atoms with Crippen LogP contribution in [0.25, 0.3) is 0 Å². The maximum Gasteiger partial charge on any atom is 0.147 e. The largest absolute Gasteiger partial charge is 0.455 e. The van der Waals surface area contributed by atoms with E-state index in [1.165, 1.54) is 0 Å². The van der Waals surface area contributed by atoms with Crippen molar-refractivity contribution in [2.24, 2.45) is 5.73 Å². The van der Waals surface area contributed by atoms with Crippen LogP contribution in [0.4, 0.5) is 0 Å². The summed E-state index contributed by atoms with van der Waals surface area (Å²) in [7, 11) is 0. The smallest absolute Gasteiger partial charge is 0.147 e. The summed E-state index contributed by atoms with van der Waals surface area (Å²) in [5.74, 6) is 0.591. The fourth-order valence-electron chi connectivity index (χ4n) is 1.50. The van der Waals surface area contributed by atoms with Crippen molar-refractivity contribution in [3.05, 3.63) is 55.4 Å². The second-order valence-corrected chi connectivity index (χ2v) is 5.96. The van der Waals surface area contributed by atoms with Crippen LogP contribution in [0.3, 0.4) is 0 Å². The summed E-state index contributed by atoms with van der Waals surface area (Å²) in [6, 6.07) is 8.01. The molecular formula is C13H8BrCl3N2O. The van der Waals surface area contributed by atoms with Crippen LogP contribution < -0.4 is 10.5 Å². The minimum absolute atomic E-state index is 0.151. The first-order valence-corrected chi connectivity index (χ1v) is 7.27. The molecule has 0 spiro atoms. The molecular weight excluding hydrogens is 386 g/mol. The van der Waals surface area contributed by atoms with Gasteiger partial charge in [0, 0.05) is 15.6 Å². The van der Waals surface area contributed by atoms with Crippen molar-refractivity contribution < 1.29 is 4.74 Å². The number of hydrogen-bond donors (Lipinski definition) is 2.